The molecule has 0 radical (unpaired) electrons. The molecule has 2 aromatic rings. The van der Waals surface area contributed by atoms with Gasteiger partial charge in [0.2, 0.25) is 0 Å². The molecule has 1 aliphatic heterocycles. The Morgan fingerprint density at radius 2 is 1.80 bits per heavy atom. The monoisotopic (exact) mass is 422 g/mol. The predicted molar refractivity (Wildman–Crippen MR) is 123 cm³/mol. The van der Waals surface area contributed by atoms with Gasteiger partial charge in [-0.1, -0.05) is 36.8 Å². The SMILES string of the molecule is COc1cc2c(cc1OC)C(c1ccccc1)N(C(=S)NC1CC3CCC1C3)CC2. The van der Waals surface area contributed by atoms with Crippen molar-refractivity contribution in [3.8, 4) is 11.5 Å². The largest absolute Gasteiger partial charge is 0.493 e. The molecule has 1 heterocycles. The Bertz CT molecular complexity index is 932. The number of fused-ring (bicyclic) bond motifs is 3. The van der Waals surface area contributed by atoms with Gasteiger partial charge in [-0.15, -0.1) is 0 Å². The van der Waals surface area contributed by atoms with Gasteiger partial charge in [-0.2, -0.15) is 0 Å². The van der Waals surface area contributed by atoms with E-state index >= 15 is 0 Å². The van der Waals surface area contributed by atoms with Crippen molar-refractivity contribution in [1.29, 1.82) is 0 Å². The van der Waals surface area contributed by atoms with E-state index in [1.807, 2.05) is 0 Å². The molecule has 0 aromatic heterocycles. The Kier molecular flexibility index (Phi) is 5.32. The van der Waals surface area contributed by atoms with Gasteiger partial charge in [0, 0.05) is 12.6 Å². The lowest BCUT2D eigenvalue weighted by atomic mass is 9.88. The first-order chi connectivity index (χ1) is 14.7. The van der Waals surface area contributed by atoms with Crippen molar-refractivity contribution in [3.05, 3.63) is 59.2 Å². The number of nitrogens with zero attached hydrogens (tertiary/aromatic N) is 1. The van der Waals surface area contributed by atoms with Crippen molar-refractivity contribution in [3.63, 3.8) is 0 Å². The van der Waals surface area contributed by atoms with Crippen LogP contribution in [0.25, 0.3) is 0 Å². The summed E-state index contributed by atoms with van der Waals surface area (Å²) < 4.78 is 11.2. The maximum atomic E-state index is 6.00. The van der Waals surface area contributed by atoms with E-state index in [-0.39, 0.29) is 6.04 Å². The molecule has 2 fully saturated rings. The topological polar surface area (TPSA) is 33.7 Å². The number of thiocarbonyl (C=S) groups is 1. The van der Waals surface area contributed by atoms with Gasteiger partial charge in [0.1, 0.15) is 0 Å². The Morgan fingerprint density at radius 3 is 2.47 bits per heavy atom. The Balaban J connectivity index is 1.49. The summed E-state index contributed by atoms with van der Waals surface area (Å²) in [5, 5.41) is 4.65. The lowest BCUT2D eigenvalue weighted by molar-refractivity contribution is 0.309. The molecule has 2 aliphatic carbocycles. The quantitative estimate of drug-likeness (QED) is 0.722. The third-order valence-corrected chi connectivity index (χ3v) is 7.65. The van der Waals surface area contributed by atoms with E-state index in [1.165, 1.54) is 42.4 Å². The number of hydrogen-bond donors (Lipinski definition) is 1. The molecule has 158 valence electrons. The van der Waals surface area contributed by atoms with E-state index in [0.717, 1.165) is 41.4 Å². The summed E-state index contributed by atoms with van der Waals surface area (Å²) in [6, 6.07) is 15.6. The third-order valence-electron chi connectivity index (χ3n) is 7.30. The highest BCUT2D eigenvalue weighted by atomic mass is 32.1. The molecule has 5 heteroatoms. The van der Waals surface area contributed by atoms with Crippen molar-refractivity contribution in [2.24, 2.45) is 11.8 Å². The summed E-state index contributed by atoms with van der Waals surface area (Å²) >= 11 is 6.00. The van der Waals surface area contributed by atoms with Crippen LogP contribution in [0.5, 0.6) is 11.5 Å². The van der Waals surface area contributed by atoms with E-state index in [1.54, 1.807) is 14.2 Å². The first kappa shape index (κ1) is 19.7. The van der Waals surface area contributed by atoms with Crippen molar-refractivity contribution in [2.45, 2.75) is 44.2 Å². The molecule has 3 aliphatic rings. The number of benzene rings is 2. The van der Waals surface area contributed by atoms with Crippen molar-refractivity contribution in [1.82, 2.24) is 10.2 Å². The van der Waals surface area contributed by atoms with Gasteiger partial charge in [-0.25, -0.2) is 0 Å². The smallest absolute Gasteiger partial charge is 0.169 e. The highest BCUT2D eigenvalue weighted by molar-refractivity contribution is 7.80. The summed E-state index contributed by atoms with van der Waals surface area (Å²) in [5.41, 5.74) is 3.81. The molecule has 4 unspecified atom stereocenters. The van der Waals surface area contributed by atoms with Crippen LogP contribution in [0.3, 0.4) is 0 Å². The molecule has 0 saturated heterocycles. The van der Waals surface area contributed by atoms with Crippen LogP contribution < -0.4 is 14.8 Å². The molecule has 30 heavy (non-hydrogen) atoms. The highest BCUT2D eigenvalue weighted by Crippen LogP contribution is 2.45. The van der Waals surface area contributed by atoms with Gasteiger partial charge in [-0.3, -0.25) is 0 Å². The van der Waals surface area contributed by atoms with Crippen LogP contribution in [-0.4, -0.2) is 36.8 Å². The maximum absolute atomic E-state index is 6.00. The fourth-order valence-corrected chi connectivity index (χ4v) is 6.17. The second-order valence-electron chi connectivity index (χ2n) is 8.89. The molecule has 0 spiro atoms. The van der Waals surface area contributed by atoms with Crippen LogP contribution in [0.1, 0.15) is 48.4 Å². The van der Waals surface area contributed by atoms with E-state index in [2.05, 4.69) is 52.7 Å². The lowest BCUT2D eigenvalue weighted by Gasteiger charge is -2.41. The molecular weight excluding hydrogens is 392 g/mol. The minimum Gasteiger partial charge on any atom is -0.493 e. The molecule has 2 bridgehead atoms. The van der Waals surface area contributed by atoms with Crippen LogP contribution in [0.15, 0.2) is 42.5 Å². The number of rotatable bonds is 4. The van der Waals surface area contributed by atoms with Crippen molar-refractivity contribution < 1.29 is 9.47 Å². The molecule has 0 amide bonds. The zero-order valence-electron chi connectivity index (χ0n) is 17.8. The number of ether oxygens (including phenoxy) is 2. The first-order valence-corrected chi connectivity index (χ1v) is 11.5. The average molecular weight is 423 g/mol. The highest BCUT2D eigenvalue weighted by Gasteiger charge is 2.41. The second kappa shape index (κ2) is 8.10. The Labute approximate surface area is 184 Å². The molecular formula is C25H30N2O2S. The zero-order valence-corrected chi connectivity index (χ0v) is 18.6. The molecule has 2 saturated carbocycles. The zero-order chi connectivity index (χ0) is 20.7. The van der Waals surface area contributed by atoms with E-state index < -0.39 is 0 Å². The molecule has 4 nitrogen and oxygen atoms in total. The number of nitrogens with one attached hydrogen (secondary N) is 1. The Morgan fingerprint density at radius 1 is 1.03 bits per heavy atom. The van der Waals surface area contributed by atoms with E-state index in [4.69, 9.17) is 21.7 Å². The molecule has 1 N–H and O–H groups in total. The predicted octanol–water partition coefficient (Wildman–Crippen LogP) is 4.71. The van der Waals surface area contributed by atoms with E-state index in [0.29, 0.717) is 6.04 Å². The van der Waals surface area contributed by atoms with Gasteiger partial charge >= 0.3 is 0 Å². The van der Waals surface area contributed by atoms with Crippen LogP contribution in [0, 0.1) is 11.8 Å². The van der Waals surface area contributed by atoms with Gasteiger partial charge in [0.05, 0.1) is 20.3 Å². The minimum absolute atomic E-state index is 0.0772. The van der Waals surface area contributed by atoms with Crippen LogP contribution in [0.4, 0.5) is 0 Å². The summed E-state index contributed by atoms with van der Waals surface area (Å²) in [5.74, 6) is 3.26. The van der Waals surface area contributed by atoms with Crippen molar-refractivity contribution >= 4 is 17.3 Å². The van der Waals surface area contributed by atoms with Gasteiger partial charge in [0.15, 0.2) is 16.6 Å². The Hall–Kier alpha value is -2.27. The van der Waals surface area contributed by atoms with Crippen LogP contribution >= 0.6 is 12.2 Å². The fraction of sp³-hybridized carbons (Fsp3) is 0.480. The number of hydrogen-bond acceptors (Lipinski definition) is 3. The van der Waals surface area contributed by atoms with Crippen LogP contribution in [0.2, 0.25) is 0 Å². The molecule has 4 atom stereocenters. The minimum atomic E-state index is 0.0772. The van der Waals surface area contributed by atoms with Crippen LogP contribution in [-0.2, 0) is 6.42 Å². The van der Waals surface area contributed by atoms with Gasteiger partial charge in [0.25, 0.3) is 0 Å². The lowest BCUT2D eigenvalue weighted by Crippen LogP contribution is -2.50. The maximum Gasteiger partial charge on any atom is 0.169 e. The standard InChI is InChI=1S/C25H30N2O2S/c1-28-22-14-18-10-11-27(25(30)26-21-13-16-8-9-19(21)12-16)24(17-6-4-3-5-7-17)20(18)15-23(22)29-2/h3-7,14-16,19,21,24H,8-13H2,1-2H3,(H,26,30). The summed E-state index contributed by atoms with van der Waals surface area (Å²) in [6.07, 6.45) is 6.35. The summed E-state index contributed by atoms with van der Waals surface area (Å²) in [7, 11) is 3.39. The summed E-state index contributed by atoms with van der Waals surface area (Å²) in [4.78, 5) is 2.38. The first-order valence-electron chi connectivity index (χ1n) is 11.0. The second-order valence-corrected chi connectivity index (χ2v) is 9.28. The normalized spacial score (nSPS) is 26.9. The average Bonchev–Trinajstić information content (AvgIpc) is 3.41. The van der Waals surface area contributed by atoms with E-state index in [9.17, 15) is 0 Å². The molecule has 2 aromatic carbocycles. The van der Waals surface area contributed by atoms with Gasteiger partial charge in [-0.05, 0) is 78.6 Å². The molecule has 5 rings (SSSR count). The summed E-state index contributed by atoms with van der Waals surface area (Å²) in [6.45, 7) is 0.898. The van der Waals surface area contributed by atoms with Gasteiger partial charge < -0.3 is 19.7 Å². The van der Waals surface area contributed by atoms with Crippen molar-refractivity contribution in [2.75, 3.05) is 20.8 Å². The third kappa shape index (κ3) is 3.43. The number of methoxy groups -OCH3 is 2. The fourth-order valence-electron chi connectivity index (χ4n) is 5.82.